The maximum atomic E-state index is 13.8. The van der Waals surface area contributed by atoms with E-state index in [0.29, 0.717) is 27.2 Å². The SMILES string of the molecule is O=S1(=O)c2c(-c3ccncc3)cccc2-n2c(-c3ccccc3)nc3cccc1c32. The van der Waals surface area contributed by atoms with Crippen LogP contribution in [0.25, 0.3) is 39.2 Å². The first-order chi connectivity index (χ1) is 14.7. The Bertz CT molecular complexity index is 1540. The highest BCUT2D eigenvalue weighted by Crippen LogP contribution is 2.44. The van der Waals surface area contributed by atoms with Crippen LogP contribution in [0.5, 0.6) is 0 Å². The fourth-order valence-corrected chi connectivity index (χ4v) is 6.02. The molecule has 30 heavy (non-hydrogen) atoms. The van der Waals surface area contributed by atoms with E-state index in [0.717, 1.165) is 17.0 Å². The van der Waals surface area contributed by atoms with Crippen molar-refractivity contribution in [3.8, 4) is 28.2 Å². The minimum atomic E-state index is -3.74. The van der Waals surface area contributed by atoms with Gasteiger partial charge in [-0.1, -0.05) is 48.5 Å². The van der Waals surface area contributed by atoms with Gasteiger partial charge in [0, 0.05) is 23.5 Å². The van der Waals surface area contributed by atoms with E-state index in [4.69, 9.17) is 4.98 Å². The number of rotatable bonds is 2. The first kappa shape index (κ1) is 17.1. The van der Waals surface area contributed by atoms with Crippen LogP contribution >= 0.6 is 0 Å². The lowest BCUT2D eigenvalue weighted by molar-refractivity contribution is 0.595. The smallest absolute Gasteiger partial charge is 0.211 e. The summed E-state index contributed by atoms with van der Waals surface area (Å²) in [6.45, 7) is 0. The summed E-state index contributed by atoms with van der Waals surface area (Å²) in [4.78, 5) is 9.46. The molecule has 144 valence electrons. The maximum absolute atomic E-state index is 13.8. The fraction of sp³-hybridized carbons (Fsp3) is 0. The Hall–Kier alpha value is -3.77. The molecule has 3 heterocycles. The number of hydrogen-bond acceptors (Lipinski definition) is 4. The number of aromatic nitrogens is 3. The van der Waals surface area contributed by atoms with Gasteiger partial charge in [0.05, 0.1) is 21.6 Å². The highest BCUT2D eigenvalue weighted by atomic mass is 32.2. The molecule has 0 amide bonds. The average molecular weight is 409 g/mol. The Morgan fingerprint density at radius 2 is 1.50 bits per heavy atom. The molecule has 3 aromatic carbocycles. The van der Waals surface area contributed by atoms with Crippen molar-refractivity contribution < 1.29 is 8.42 Å². The first-order valence-corrected chi connectivity index (χ1v) is 11.0. The summed E-state index contributed by atoms with van der Waals surface area (Å²) < 4.78 is 29.5. The van der Waals surface area contributed by atoms with Crippen molar-refractivity contribution in [2.75, 3.05) is 0 Å². The zero-order chi connectivity index (χ0) is 20.3. The molecular weight excluding hydrogens is 394 g/mol. The molecule has 0 radical (unpaired) electrons. The van der Waals surface area contributed by atoms with Gasteiger partial charge >= 0.3 is 0 Å². The van der Waals surface area contributed by atoms with E-state index >= 15 is 0 Å². The minimum absolute atomic E-state index is 0.281. The van der Waals surface area contributed by atoms with E-state index in [-0.39, 0.29) is 4.90 Å². The number of sulfone groups is 1. The second kappa shape index (κ2) is 6.11. The van der Waals surface area contributed by atoms with E-state index in [9.17, 15) is 8.42 Å². The van der Waals surface area contributed by atoms with Gasteiger partial charge in [0.25, 0.3) is 0 Å². The maximum Gasteiger partial charge on any atom is 0.211 e. The Labute approximate surface area is 173 Å². The molecule has 0 unspecified atom stereocenters. The average Bonchev–Trinajstić information content (AvgIpc) is 3.19. The van der Waals surface area contributed by atoms with Crippen LogP contribution in [0, 0.1) is 0 Å². The van der Waals surface area contributed by atoms with Crippen LogP contribution in [0.4, 0.5) is 0 Å². The van der Waals surface area contributed by atoms with Gasteiger partial charge in [-0.05, 0) is 35.9 Å². The van der Waals surface area contributed by atoms with E-state index in [2.05, 4.69) is 4.98 Å². The monoisotopic (exact) mass is 409 g/mol. The minimum Gasteiger partial charge on any atom is -0.290 e. The van der Waals surface area contributed by atoms with Crippen LogP contribution in [0.15, 0.2) is 101 Å². The zero-order valence-corrected chi connectivity index (χ0v) is 16.5. The predicted octanol–water partition coefficient (Wildman–Crippen LogP) is 4.90. The summed E-state index contributed by atoms with van der Waals surface area (Å²) in [6, 6.07) is 24.3. The number of hydrogen-bond donors (Lipinski definition) is 0. The van der Waals surface area contributed by atoms with Crippen molar-refractivity contribution >= 4 is 20.9 Å². The van der Waals surface area contributed by atoms with Crippen LogP contribution in [0.1, 0.15) is 0 Å². The van der Waals surface area contributed by atoms with Crippen LogP contribution in [0.3, 0.4) is 0 Å². The molecule has 6 rings (SSSR count). The van der Waals surface area contributed by atoms with Gasteiger partial charge in [0.1, 0.15) is 10.7 Å². The quantitative estimate of drug-likeness (QED) is 0.408. The largest absolute Gasteiger partial charge is 0.290 e. The summed E-state index contributed by atoms with van der Waals surface area (Å²) >= 11 is 0. The Balaban J connectivity index is 1.80. The van der Waals surface area contributed by atoms with Crippen molar-refractivity contribution in [3.63, 3.8) is 0 Å². The first-order valence-electron chi connectivity index (χ1n) is 9.52. The number of benzene rings is 3. The standard InChI is InChI=1S/C24H15N3O2S/c28-30(29)21-11-5-9-19-22(21)27(24(26-19)17-6-2-1-3-7-17)20-10-4-8-18(23(20)30)16-12-14-25-15-13-16/h1-15H. The van der Waals surface area contributed by atoms with E-state index in [1.54, 1.807) is 24.5 Å². The third-order valence-electron chi connectivity index (χ3n) is 5.46. The van der Waals surface area contributed by atoms with Gasteiger partial charge in [0.2, 0.25) is 9.84 Å². The van der Waals surface area contributed by atoms with Crippen LogP contribution in [-0.2, 0) is 9.84 Å². The summed E-state index contributed by atoms with van der Waals surface area (Å²) in [5, 5.41) is 0. The molecule has 0 N–H and O–H groups in total. The highest BCUT2D eigenvalue weighted by molar-refractivity contribution is 7.92. The molecule has 0 saturated heterocycles. The molecule has 0 atom stereocenters. The molecule has 5 aromatic rings. The topological polar surface area (TPSA) is 64.8 Å². The van der Waals surface area contributed by atoms with Crippen molar-refractivity contribution in [1.82, 2.24) is 14.5 Å². The molecule has 0 aliphatic carbocycles. The second-order valence-corrected chi connectivity index (χ2v) is 9.01. The molecule has 1 aliphatic heterocycles. The van der Waals surface area contributed by atoms with Crippen molar-refractivity contribution in [3.05, 3.63) is 91.3 Å². The summed E-state index contributed by atoms with van der Waals surface area (Å²) in [5.74, 6) is 0.723. The fourth-order valence-electron chi connectivity index (χ4n) is 4.18. The van der Waals surface area contributed by atoms with Gasteiger partial charge < -0.3 is 0 Å². The number of fused-ring (bicyclic) bond motifs is 2. The Morgan fingerprint density at radius 3 is 2.30 bits per heavy atom. The zero-order valence-electron chi connectivity index (χ0n) is 15.7. The second-order valence-electron chi connectivity index (χ2n) is 7.15. The van der Waals surface area contributed by atoms with Crippen LogP contribution in [-0.4, -0.2) is 23.0 Å². The van der Waals surface area contributed by atoms with Crippen LogP contribution < -0.4 is 0 Å². The molecular formula is C24H15N3O2S. The molecule has 0 fully saturated rings. The number of pyridine rings is 1. The third-order valence-corrected chi connectivity index (χ3v) is 7.33. The predicted molar refractivity (Wildman–Crippen MR) is 115 cm³/mol. The molecule has 1 aliphatic rings. The normalized spacial score (nSPS) is 13.9. The molecule has 2 aromatic heterocycles. The summed E-state index contributed by atoms with van der Waals surface area (Å²) in [7, 11) is -3.74. The van der Waals surface area contributed by atoms with E-state index in [1.807, 2.05) is 71.3 Å². The van der Waals surface area contributed by atoms with Crippen molar-refractivity contribution in [1.29, 1.82) is 0 Å². The highest BCUT2D eigenvalue weighted by Gasteiger charge is 2.35. The van der Waals surface area contributed by atoms with Gasteiger partial charge in [-0.3, -0.25) is 9.55 Å². The van der Waals surface area contributed by atoms with Crippen molar-refractivity contribution in [2.45, 2.75) is 9.79 Å². The number of imidazole rings is 1. The van der Waals surface area contributed by atoms with Gasteiger partial charge in [-0.15, -0.1) is 0 Å². The Morgan fingerprint density at radius 1 is 0.733 bits per heavy atom. The number of para-hydroxylation sites is 1. The van der Waals surface area contributed by atoms with Crippen LogP contribution in [0.2, 0.25) is 0 Å². The molecule has 0 saturated carbocycles. The third kappa shape index (κ3) is 2.25. The van der Waals surface area contributed by atoms with Gasteiger partial charge in [0.15, 0.2) is 0 Å². The lowest BCUT2D eigenvalue weighted by Gasteiger charge is -2.23. The van der Waals surface area contributed by atoms with E-state index < -0.39 is 9.84 Å². The van der Waals surface area contributed by atoms with Gasteiger partial charge in [-0.2, -0.15) is 0 Å². The molecule has 0 bridgehead atoms. The lowest BCUT2D eigenvalue weighted by Crippen LogP contribution is -2.16. The molecule has 6 heteroatoms. The molecule has 0 spiro atoms. The van der Waals surface area contributed by atoms with E-state index in [1.165, 1.54) is 0 Å². The summed E-state index contributed by atoms with van der Waals surface area (Å²) in [5.41, 5.74) is 4.29. The summed E-state index contributed by atoms with van der Waals surface area (Å²) in [6.07, 6.45) is 3.34. The van der Waals surface area contributed by atoms with Gasteiger partial charge in [-0.25, -0.2) is 13.4 Å². The number of nitrogens with zero attached hydrogens (tertiary/aromatic N) is 3. The lowest BCUT2D eigenvalue weighted by atomic mass is 10.1. The molecule has 5 nitrogen and oxygen atoms in total. The van der Waals surface area contributed by atoms with Crippen molar-refractivity contribution in [2.24, 2.45) is 0 Å². The Kier molecular flexibility index (Phi) is 3.49.